The molecule has 0 unspecified atom stereocenters. The average Bonchev–Trinajstić information content (AvgIpc) is 3.09. The maximum atomic E-state index is 12.4. The van der Waals surface area contributed by atoms with Crippen LogP contribution >= 0.6 is 23.2 Å². The van der Waals surface area contributed by atoms with E-state index in [-0.39, 0.29) is 16.5 Å². The summed E-state index contributed by atoms with van der Waals surface area (Å²) in [7, 11) is -3.72. The van der Waals surface area contributed by atoms with E-state index in [0.29, 0.717) is 5.02 Å². The zero-order valence-electron chi connectivity index (χ0n) is 13.7. The Morgan fingerprint density at radius 3 is 2.28 bits per heavy atom. The lowest BCUT2D eigenvalue weighted by molar-refractivity contribution is 0.331. The fraction of sp³-hybridized carbons (Fsp3) is 0.333. The molecule has 1 aliphatic heterocycles. The monoisotopic (exact) mass is 398 g/mol. The molecule has 1 N–H and O–H groups in total. The molecule has 1 fully saturated rings. The fourth-order valence-electron chi connectivity index (χ4n) is 2.90. The van der Waals surface area contributed by atoms with E-state index in [1.54, 1.807) is 6.07 Å². The minimum absolute atomic E-state index is 0.00711. The third-order valence-corrected chi connectivity index (χ3v) is 6.39. The molecule has 0 atom stereocenters. The zero-order valence-corrected chi connectivity index (χ0v) is 16.0. The van der Waals surface area contributed by atoms with E-state index in [1.807, 2.05) is 24.3 Å². The minimum Gasteiger partial charge on any atom is -0.299 e. The van der Waals surface area contributed by atoms with Crippen LogP contribution < -0.4 is 4.72 Å². The van der Waals surface area contributed by atoms with E-state index in [2.05, 4.69) is 9.62 Å². The van der Waals surface area contributed by atoms with Gasteiger partial charge in [-0.2, -0.15) is 0 Å². The normalized spacial score (nSPS) is 15.6. The smallest absolute Gasteiger partial charge is 0.242 e. The van der Waals surface area contributed by atoms with Crippen LogP contribution in [0.15, 0.2) is 47.4 Å². The van der Waals surface area contributed by atoms with Crippen molar-refractivity contribution in [3.05, 3.63) is 63.6 Å². The van der Waals surface area contributed by atoms with Crippen molar-refractivity contribution in [3.8, 4) is 0 Å². The number of hydrogen-bond acceptors (Lipinski definition) is 3. The number of rotatable bonds is 6. The highest BCUT2D eigenvalue weighted by atomic mass is 35.5. The summed E-state index contributed by atoms with van der Waals surface area (Å²) < 4.78 is 27.4. The second-order valence-electron chi connectivity index (χ2n) is 6.20. The van der Waals surface area contributed by atoms with Crippen LogP contribution in [0, 0.1) is 0 Å². The first-order chi connectivity index (χ1) is 11.9. The molecule has 3 rings (SSSR count). The molecule has 4 nitrogen and oxygen atoms in total. The summed E-state index contributed by atoms with van der Waals surface area (Å²) in [5.74, 6) is 0. The Bertz CT molecular complexity index is 833. The molecule has 0 amide bonds. The predicted octanol–water partition coefficient (Wildman–Crippen LogP) is 4.07. The second-order valence-corrected chi connectivity index (χ2v) is 8.78. The lowest BCUT2D eigenvalue weighted by Gasteiger charge is -2.15. The number of sulfonamides is 1. The van der Waals surface area contributed by atoms with Crippen molar-refractivity contribution in [2.45, 2.75) is 30.8 Å². The van der Waals surface area contributed by atoms with Gasteiger partial charge in [-0.05, 0) is 55.3 Å². The predicted molar refractivity (Wildman–Crippen MR) is 101 cm³/mol. The van der Waals surface area contributed by atoms with Gasteiger partial charge in [-0.1, -0.05) is 47.5 Å². The lowest BCUT2D eigenvalue weighted by Crippen LogP contribution is -2.23. The molecule has 1 aliphatic rings. The number of likely N-dealkylation sites (tertiary alicyclic amines) is 1. The molecule has 2 aromatic carbocycles. The lowest BCUT2D eigenvalue weighted by atomic mass is 10.1. The van der Waals surface area contributed by atoms with E-state index < -0.39 is 10.0 Å². The Morgan fingerprint density at radius 1 is 0.960 bits per heavy atom. The molecule has 25 heavy (non-hydrogen) atoms. The minimum atomic E-state index is -3.72. The van der Waals surface area contributed by atoms with Gasteiger partial charge in [0.25, 0.3) is 0 Å². The zero-order chi connectivity index (χ0) is 17.9. The van der Waals surface area contributed by atoms with Gasteiger partial charge in [-0.3, -0.25) is 4.90 Å². The van der Waals surface area contributed by atoms with Crippen LogP contribution in [0.25, 0.3) is 0 Å². The van der Waals surface area contributed by atoms with Crippen molar-refractivity contribution in [1.82, 2.24) is 9.62 Å². The second kappa shape index (κ2) is 8.06. The largest absolute Gasteiger partial charge is 0.299 e. The van der Waals surface area contributed by atoms with Crippen LogP contribution in [0.4, 0.5) is 0 Å². The molecule has 2 aromatic rings. The molecule has 134 valence electrons. The van der Waals surface area contributed by atoms with Crippen LogP contribution in [-0.2, 0) is 23.1 Å². The fourth-order valence-corrected chi connectivity index (χ4v) is 4.68. The van der Waals surface area contributed by atoms with E-state index >= 15 is 0 Å². The molecule has 0 saturated carbocycles. The molecule has 0 aliphatic carbocycles. The topological polar surface area (TPSA) is 49.4 Å². The van der Waals surface area contributed by atoms with Crippen molar-refractivity contribution in [2.24, 2.45) is 0 Å². The van der Waals surface area contributed by atoms with Gasteiger partial charge in [0.15, 0.2) is 0 Å². The first kappa shape index (κ1) is 18.7. The van der Waals surface area contributed by atoms with Gasteiger partial charge in [0.2, 0.25) is 10.0 Å². The van der Waals surface area contributed by atoms with Gasteiger partial charge in [0, 0.05) is 18.1 Å². The van der Waals surface area contributed by atoms with E-state index in [1.165, 1.54) is 30.5 Å². The van der Waals surface area contributed by atoms with Crippen LogP contribution in [0.5, 0.6) is 0 Å². The van der Waals surface area contributed by atoms with Gasteiger partial charge in [-0.15, -0.1) is 0 Å². The SMILES string of the molecule is O=S(=O)(NCc1ccc(CN2CCCC2)cc1)c1cc(Cl)ccc1Cl. The van der Waals surface area contributed by atoms with Crippen LogP contribution in [0.2, 0.25) is 10.0 Å². The molecule has 1 heterocycles. The highest BCUT2D eigenvalue weighted by molar-refractivity contribution is 7.89. The highest BCUT2D eigenvalue weighted by Gasteiger charge is 2.18. The molecule has 0 aromatic heterocycles. The quantitative estimate of drug-likeness (QED) is 0.797. The summed E-state index contributed by atoms with van der Waals surface area (Å²) >= 11 is 11.9. The third-order valence-electron chi connectivity index (χ3n) is 4.28. The Balaban J connectivity index is 1.63. The molecule has 0 radical (unpaired) electrons. The first-order valence-electron chi connectivity index (χ1n) is 8.19. The van der Waals surface area contributed by atoms with Gasteiger partial charge >= 0.3 is 0 Å². The van der Waals surface area contributed by atoms with Gasteiger partial charge in [-0.25, -0.2) is 13.1 Å². The van der Waals surface area contributed by atoms with Crippen LogP contribution in [-0.4, -0.2) is 26.4 Å². The van der Waals surface area contributed by atoms with E-state index in [0.717, 1.165) is 25.2 Å². The summed E-state index contributed by atoms with van der Waals surface area (Å²) in [5, 5.41) is 0.480. The number of benzene rings is 2. The molecular formula is C18H20Cl2N2O2S. The van der Waals surface area contributed by atoms with Crippen molar-refractivity contribution in [1.29, 1.82) is 0 Å². The molecular weight excluding hydrogens is 379 g/mol. The Kier molecular flexibility index (Phi) is 6.02. The average molecular weight is 399 g/mol. The maximum Gasteiger partial charge on any atom is 0.242 e. The first-order valence-corrected chi connectivity index (χ1v) is 10.4. The molecule has 0 bridgehead atoms. The third kappa shape index (κ3) is 4.96. The van der Waals surface area contributed by atoms with Crippen molar-refractivity contribution < 1.29 is 8.42 Å². The van der Waals surface area contributed by atoms with E-state index in [4.69, 9.17) is 23.2 Å². The number of hydrogen-bond donors (Lipinski definition) is 1. The maximum absolute atomic E-state index is 12.4. The number of nitrogens with zero attached hydrogens (tertiary/aromatic N) is 1. The summed E-state index contributed by atoms with van der Waals surface area (Å²) in [5.41, 5.74) is 2.14. The van der Waals surface area contributed by atoms with Crippen molar-refractivity contribution in [3.63, 3.8) is 0 Å². The highest BCUT2D eigenvalue weighted by Crippen LogP contribution is 2.25. The molecule has 1 saturated heterocycles. The van der Waals surface area contributed by atoms with Crippen molar-refractivity contribution >= 4 is 33.2 Å². The Hall–Kier alpha value is -1.11. The standard InChI is InChI=1S/C18H20Cl2N2O2S/c19-16-7-8-17(20)18(11-16)25(23,24)21-12-14-3-5-15(6-4-14)13-22-9-1-2-10-22/h3-8,11,21H,1-2,9-10,12-13H2. The Labute approximate surface area is 158 Å². The van der Waals surface area contributed by atoms with E-state index in [9.17, 15) is 8.42 Å². The van der Waals surface area contributed by atoms with Gasteiger partial charge in [0.05, 0.1) is 5.02 Å². The Morgan fingerprint density at radius 2 is 1.60 bits per heavy atom. The summed E-state index contributed by atoms with van der Waals surface area (Å²) in [6.45, 7) is 3.46. The molecule has 7 heteroatoms. The van der Waals surface area contributed by atoms with Crippen LogP contribution in [0.3, 0.4) is 0 Å². The number of halogens is 2. The summed E-state index contributed by atoms with van der Waals surface area (Å²) in [4.78, 5) is 2.42. The van der Waals surface area contributed by atoms with Gasteiger partial charge < -0.3 is 0 Å². The summed E-state index contributed by atoms with van der Waals surface area (Å²) in [6, 6.07) is 12.4. The summed E-state index contributed by atoms with van der Waals surface area (Å²) in [6.07, 6.45) is 2.54. The van der Waals surface area contributed by atoms with Gasteiger partial charge in [0.1, 0.15) is 4.90 Å². The van der Waals surface area contributed by atoms with Crippen LogP contribution in [0.1, 0.15) is 24.0 Å². The molecule has 0 spiro atoms. The number of nitrogens with one attached hydrogen (secondary N) is 1. The van der Waals surface area contributed by atoms with Crippen molar-refractivity contribution in [2.75, 3.05) is 13.1 Å².